The largest absolute Gasteiger partial charge is 0.396 e. The van der Waals surface area contributed by atoms with Gasteiger partial charge >= 0.3 is 0 Å². The predicted molar refractivity (Wildman–Crippen MR) is 84.0 cm³/mol. The van der Waals surface area contributed by atoms with Crippen LogP contribution in [-0.4, -0.2) is 37.0 Å². The van der Waals surface area contributed by atoms with E-state index < -0.39 is 10.0 Å². The summed E-state index contributed by atoms with van der Waals surface area (Å²) in [6, 6.07) is 3.74. The molecule has 2 heterocycles. The Hall–Kier alpha value is -0.430. The molecule has 0 radical (unpaired) electrons. The molecule has 1 saturated carbocycles. The van der Waals surface area contributed by atoms with E-state index in [-0.39, 0.29) is 12.6 Å². The number of thiophene rings is 1. The maximum Gasteiger partial charge on any atom is 0.252 e. The number of hydrogen-bond acceptors (Lipinski definition) is 4. The molecule has 1 aliphatic carbocycles. The second-order valence-corrected chi connectivity index (χ2v) is 9.35. The number of rotatable bonds is 5. The maximum absolute atomic E-state index is 12.9. The van der Waals surface area contributed by atoms with Crippen molar-refractivity contribution in [3.63, 3.8) is 0 Å². The van der Waals surface area contributed by atoms with Crippen LogP contribution in [0.15, 0.2) is 16.3 Å². The van der Waals surface area contributed by atoms with Gasteiger partial charge in [0, 0.05) is 30.5 Å². The van der Waals surface area contributed by atoms with Crippen LogP contribution in [0.5, 0.6) is 0 Å². The van der Waals surface area contributed by atoms with E-state index in [1.54, 1.807) is 10.4 Å². The Kier molecular flexibility index (Phi) is 4.69. The SMILES string of the molecule is O=S(=O)(c1ccc(CCO)s1)N1CCCC1C1CCCC1. The highest BCUT2D eigenvalue weighted by molar-refractivity contribution is 7.91. The van der Waals surface area contributed by atoms with Gasteiger partial charge in [-0.3, -0.25) is 0 Å². The third-order valence-electron chi connectivity index (χ3n) is 4.75. The molecule has 118 valence electrons. The fraction of sp³-hybridized carbons (Fsp3) is 0.733. The van der Waals surface area contributed by atoms with Gasteiger partial charge in [-0.25, -0.2) is 8.42 Å². The molecule has 21 heavy (non-hydrogen) atoms. The third kappa shape index (κ3) is 3.04. The summed E-state index contributed by atoms with van der Waals surface area (Å²) >= 11 is 1.31. The summed E-state index contributed by atoms with van der Waals surface area (Å²) in [5.74, 6) is 0.555. The van der Waals surface area contributed by atoms with Crippen LogP contribution in [0.2, 0.25) is 0 Å². The van der Waals surface area contributed by atoms with Gasteiger partial charge in [-0.15, -0.1) is 11.3 Å². The minimum Gasteiger partial charge on any atom is -0.396 e. The highest BCUT2D eigenvalue weighted by Crippen LogP contribution is 2.39. The van der Waals surface area contributed by atoms with Gasteiger partial charge in [0.2, 0.25) is 0 Å². The predicted octanol–water partition coefficient (Wildman–Crippen LogP) is 2.63. The van der Waals surface area contributed by atoms with Crippen molar-refractivity contribution < 1.29 is 13.5 Å². The van der Waals surface area contributed by atoms with Gasteiger partial charge in [0.05, 0.1) is 0 Å². The third-order valence-corrected chi connectivity index (χ3v) is 8.29. The zero-order valence-corrected chi connectivity index (χ0v) is 13.8. The number of hydrogen-bond donors (Lipinski definition) is 1. The lowest BCUT2D eigenvalue weighted by Crippen LogP contribution is -2.39. The van der Waals surface area contributed by atoms with Crippen LogP contribution in [0, 0.1) is 5.92 Å². The van der Waals surface area contributed by atoms with E-state index in [0.717, 1.165) is 17.7 Å². The summed E-state index contributed by atoms with van der Waals surface area (Å²) in [6.07, 6.45) is 7.37. The first-order valence-corrected chi connectivity index (χ1v) is 10.1. The van der Waals surface area contributed by atoms with E-state index in [2.05, 4.69) is 0 Å². The Balaban J connectivity index is 1.82. The maximum atomic E-state index is 12.9. The molecular weight excluding hydrogens is 306 g/mol. The smallest absolute Gasteiger partial charge is 0.252 e. The Morgan fingerprint density at radius 2 is 1.95 bits per heavy atom. The number of nitrogens with zero attached hydrogens (tertiary/aromatic N) is 1. The topological polar surface area (TPSA) is 57.6 Å². The molecule has 1 aromatic heterocycles. The molecule has 1 N–H and O–H groups in total. The Bertz CT molecular complexity index is 575. The summed E-state index contributed by atoms with van der Waals surface area (Å²) < 4.78 is 28.0. The van der Waals surface area contributed by atoms with Crippen LogP contribution in [0.3, 0.4) is 0 Å². The molecule has 1 aromatic rings. The molecule has 1 aliphatic heterocycles. The summed E-state index contributed by atoms with van der Waals surface area (Å²) in [4.78, 5) is 0.938. The van der Waals surface area contributed by atoms with Crippen molar-refractivity contribution in [1.29, 1.82) is 0 Å². The van der Waals surface area contributed by atoms with Crippen LogP contribution < -0.4 is 0 Å². The molecular formula is C15H23NO3S2. The monoisotopic (exact) mass is 329 g/mol. The first-order chi connectivity index (χ1) is 10.1. The zero-order valence-electron chi connectivity index (χ0n) is 12.2. The van der Waals surface area contributed by atoms with Crippen LogP contribution in [0.1, 0.15) is 43.4 Å². The summed E-state index contributed by atoms with van der Waals surface area (Å²) in [5.41, 5.74) is 0. The van der Waals surface area contributed by atoms with Crippen molar-refractivity contribution in [3.8, 4) is 0 Å². The number of aliphatic hydroxyl groups is 1. The molecule has 0 spiro atoms. The van der Waals surface area contributed by atoms with Crippen molar-refractivity contribution in [2.45, 2.75) is 55.2 Å². The van der Waals surface area contributed by atoms with Gasteiger partial charge in [-0.2, -0.15) is 4.31 Å². The number of aliphatic hydroxyl groups excluding tert-OH is 1. The lowest BCUT2D eigenvalue weighted by atomic mass is 9.97. The highest BCUT2D eigenvalue weighted by atomic mass is 32.2. The Labute approximate surface area is 130 Å². The van der Waals surface area contributed by atoms with E-state index in [4.69, 9.17) is 5.11 Å². The molecule has 1 saturated heterocycles. The molecule has 4 nitrogen and oxygen atoms in total. The van der Waals surface area contributed by atoms with Crippen LogP contribution in [-0.2, 0) is 16.4 Å². The second kappa shape index (κ2) is 6.36. The summed E-state index contributed by atoms with van der Waals surface area (Å²) in [5, 5.41) is 8.98. The van der Waals surface area contributed by atoms with Crippen molar-refractivity contribution >= 4 is 21.4 Å². The van der Waals surface area contributed by atoms with Gasteiger partial charge in [-0.05, 0) is 43.7 Å². The molecule has 0 amide bonds. The minimum atomic E-state index is -3.35. The molecule has 2 fully saturated rings. The van der Waals surface area contributed by atoms with Crippen molar-refractivity contribution in [3.05, 3.63) is 17.0 Å². The molecule has 1 atom stereocenters. The van der Waals surface area contributed by atoms with Crippen molar-refractivity contribution in [1.82, 2.24) is 4.31 Å². The van der Waals surface area contributed by atoms with Gasteiger partial charge in [0.1, 0.15) is 4.21 Å². The highest BCUT2D eigenvalue weighted by Gasteiger charge is 2.40. The molecule has 2 aliphatic rings. The normalized spacial score (nSPS) is 24.9. The van der Waals surface area contributed by atoms with E-state index >= 15 is 0 Å². The first-order valence-electron chi connectivity index (χ1n) is 7.84. The first kappa shape index (κ1) is 15.5. The molecule has 6 heteroatoms. The average Bonchev–Trinajstić information content (AvgIpc) is 3.20. The average molecular weight is 329 g/mol. The van der Waals surface area contributed by atoms with Crippen LogP contribution in [0.25, 0.3) is 0 Å². The lowest BCUT2D eigenvalue weighted by Gasteiger charge is -2.28. The van der Waals surface area contributed by atoms with Crippen molar-refractivity contribution in [2.24, 2.45) is 5.92 Å². The minimum absolute atomic E-state index is 0.0639. The van der Waals surface area contributed by atoms with Gasteiger partial charge < -0.3 is 5.11 Å². The van der Waals surface area contributed by atoms with Crippen molar-refractivity contribution in [2.75, 3.05) is 13.2 Å². The van der Waals surface area contributed by atoms with Gasteiger partial charge in [0.15, 0.2) is 0 Å². The van der Waals surface area contributed by atoms with Gasteiger partial charge in [-0.1, -0.05) is 12.8 Å². The molecule has 1 unspecified atom stereocenters. The summed E-state index contributed by atoms with van der Waals surface area (Å²) in [7, 11) is -3.35. The Morgan fingerprint density at radius 3 is 2.67 bits per heavy atom. The Morgan fingerprint density at radius 1 is 1.19 bits per heavy atom. The number of sulfonamides is 1. The van der Waals surface area contributed by atoms with Gasteiger partial charge in [0.25, 0.3) is 10.0 Å². The van der Waals surface area contributed by atoms with E-state index in [1.165, 1.54) is 37.0 Å². The fourth-order valence-corrected chi connectivity index (χ4v) is 6.96. The van der Waals surface area contributed by atoms with E-state index in [0.29, 0.717) is 23.1 Å². The standard InChI is InChI=1S/C15H23NO3S2/c17-11-9-13-7-8-15(20-13)21(18,19)16-10-3-6-14(16)12-4-1-2-5-12/h7-8,12,14,17H,1-6,9-11H2. The molecule has 0 bridgehead atoms. The quantitative estimate of drug-likeness (QED) is 0.903. The summed E-state index contributed by atoms with van der Waals surface area (Å²) in [6.45, 7) is 0.727. The lowest BCUT2D eigenvalue weighted by molar-refractivity contribution is 0.289. The van der Waals surface area contributed by atoms with E-state index in [1.807, 2.05) is 6.07 Å². The second-order valence-electron chi connectivity index (χ2n) is 6.06. The van der Waals surface area contributed by atoms with Crippen LogP contribution in [0.4, 0.5) is 0 Å². The van der Waals surface area contributed by atoms with Crippen LogP contribution >= 0.6 is 11.3 Å². The molecule has 3 rings (SSSR count). The molecule has 0 aromatic carbocycles. The van der Waals surface area contributed by atoms with E-state index in [9.17, 15) is 8.42 Å². The zero-order chi connectivity index (χ0) is 14.9. The fourth-order valence-electron chi connectivity index (χ4n) is 3.73.